The Morgan fingerprint density at radius 3 is 1.89 bits per heavy atom. The van der Waals surface area contributed by atoms with Gasteiger partial charge in [-0.1, -0.05) is 78.9 Å². The summed E-state index contributed by atoms with van der Waals surface area (Å²) < 4.78 is 5.21. The first-order valence-electron chi connectivity index (χ1n) is 11.3. The molecule has 0 aromatic heterocycles. The molecule has 0 aliphatic heterocycles. The van der Waals surface area contributed by atoms with Gasteiger partial charge in [-0.05, 0) is 47.5 Å². The number of carbonyl (C=O) groups excluding carboxylic acids is 2. The van der Waals surface area contributed by atoms with Crippen molar-refractivity contribution in [2.24, 2.45) is 5.10 Å². The molecule has 0 bridgehead atoms. The van der Waals surface area contributed by atoms with E-state index in [0.717, 1.165) is 16.9 Å². The second-order valence-electron chi connectivity index (χ2n) is 7.96. The number of amides is 1. The largest absolute Gasteiger partial charge is 0.497 e. The number of benzene rings is 4. The second-order valence-corrected chi connectivity index (χ2v) is 7.96. The van der Waals surface area contributed by atoms with Gasteiger partial charge in [-0.15, -0.1) is 0 Å². The van der Waals surface area contributed by atoms with Crippen molar-refractivity contribution in [2.45, 2.75) is 5.92 Å². The topological polar surface area (TPSA) is 59.0 Å². The molecule has 0 spiro atoms. The third-order valence-electron chi connectivity index (χ3n) is 5.65. The molecule has 0 radical (unpaired) electrons. The first kappa shape index (κ1) is 23.6. The van der Waals surface area contributed by atoms with Crippen molar-refractivity contribution in [3.63, 3.8) is 0 Å². The van der Waals surface area contributed by atoms with Gasteiger partial charge < -0.3 is 4.74 Å². The average molecular weight is 463 g/mol. The predicted octanol–water partition coefficient (Wildman–Crippen LogP) is 5.84. The van der Waals surface area contributed by atoms with Crippen LogP contribution in [0.3, 0.4) is 0 Å². The minimum absolute atomic E-state index is 0.0673. The normalized spacial score (nSPS) is 11.7. The summed E-state index contributed by atoms with van der Waals surface area (Å²) in [7, 11) is 1.61. The van der Waals surface area contributed by atoms with Gasteiger partial charge in [0.25, 0.3) is 5.91 Å². The van der Waals surface area contributed by atoms with Gasteiger partial charge in [0.05, 0.1) is 25.8 Å². The molecule has 4 aromatic carbocycles. The molecule has 4 rings (SSSR count). The Kier molecular flexibility index (Phi) is 7.81. The van der Waals surface area contributed by atoms with Crippen LogP contribution in [-0.2, 0) is 0 Å². The van der Waals surface area contributed by atoms with E-state index in [1.54, 1.807) is 37.6 Å². The molecule has 0 saturated heterocycles. The van der Waals surface area contributed by atoms with Crippen LogP contribution >= 0.6 is 0 Å². The highest BCUT2D eigenvalue weighted by molar-refractivity contribution is 6.02. The van der Waals surface area contributed by atoms with Crippen molar-refractivity contribution in [1.29, 1.82) is 0 Å². The summed E-state index contributed by atoms with van der Waals surface area (Å²) in [6, 6.07) is 35.0. The van der Waals surface area contributed by atoms with E-state index in [1.165, 1.54) is 5.01 Å². The Bertz CT molecular complexity index is 1270. The van der Waals surface area contributed by atoms with Crippen molar-refractivity contribution < 1.29 is 14.3 Å². The lowest BCUT2D eigenvalue weighted by molar-refractivity contribution is 0.0736. The Morgan fingerprint density at radius 2 is 1.31 bits per heavy atom. The number of methoxy groups -OCH3 is 1. The van der Waals surface area contributed by atoms with Crippen molar-refractivity contribution in [3.8, 4) is 5.75 Å². The number of carbonyl (C=O) groups is 2. The maximum Gasteiger partial charge on any atom is 0.273 e. The summed E-state index contributed by atoms with van der Waals surface area (Å²) in [6.07, 6.45) is 1.62. The van der Waals surface area contributed by atoms with Crippen molar-refractivity contribution in [1.82, 2.24) is 5.01 Å². The monoisotopic (exact) mass is 462 g/mol. The number of hydrogen-bond acceptors (Lipinski definition) is 4. The number of hydrazone groups is 1. The third kappa shape index (κ3) is 6.09. The van der Waals surface area contributed by atoms with E-state index in [1.807, 2.05) is 91.0 Å². The molecule has 1 atom stereocenters. The van der Waals surface area contributed by atoms with Gasteiger partial charge >= 0.3 is 0 Å². The Hall–Kier alpha value is -4.51. The number of Topliss-reactive ketones (excluding diaryl/α,β-unsaturated/α-hetero) is 1. The molecule has 0 N–H and O–H groups in total. The van der Waals surface area contributed by atoms with Gasteiger partial charge in [-0.25, -0.2) is 5.01 Å². The lowest BCUT2D eigenvalue weighted by Crippen LogP contribution is -2.33. The number of ketones is 1. The van der Waals surface area contributed by atoms with Crippen LogP contribution in [0.15, 0.2) is 120 Å². The zero-order valence-corrected chi connectivity index (χ0v) is 19.5. The van der Waals surface area contributed by atoms with Crippen LogP contribution in [0.5, 0.6) is 5.75 Å². The van der Waals surface area contributed by atoms with E-state index in [2.05, 4.69) is 5.10 Å². The molecule has 0 aliphatic rings. The quantitative estimate of drug-likeness (QED) is 0.178. The molecular weight excluding hydrogens is 436 g/mol. The average Bonchev–Trinajstić information content (AvgIpc) is 2.94. The molecular formula is C30H26N2O3. The lowest BCUT2D eigenvalue weighted by atomic mass is 9.90. The van der Waals surface area contributed by atoms with E-state index in [4.69, 9.17) is 4.74 Å². The highest BCUT2D eigenvalue weighted by Crippen LogP contribution is 2.24. The Labute approximate surface area is 205 Å². The van der Waals surface area contributed by atoms with Crippen LogP contribution in [0.1, 0.15) is 37.8 Å². The highest BCUT2D eigenvalue weighted by Gasteiger charge is 2.27. The van der Waals surface area contributed by atoms with Crippen LogP contribution in [0, 0.1) is 0 Å². The second kappa shape index (κ2) is 11.6. The number of ether oxygens (including phenoxy) is 1. The standard InChI is InChI=1S/C30H26N2O3/c1-35-27-19-17-23(18-20-27)21-31-32(30(34)26-15-9-4-10-16-26)22-28(24-11-5-2-6-12-24)29(33)25-13-7-3-8-14-25/h2-21,28H,22H2,1H3. The van der Waals surface area contributed by atoms with Gasteiger partial charge in [-0.2, -0.15) is 5.10 Å². The van der Waals surface area contributed by atoms with Crippen LogP contribution in [0.4, 0.5) is 0 Å². The molecule has 174 valence electrons. The molecule has 5 nitrogen and oxygen atoms in total. The fourth-order valence-corrected chi connectivity index (χ4v) is 3.74. The van der Waals surface area contributed by atoms with Crippen LogP contribution in [-0.4, -0.2) is 36.6 Å². The lowest BCUT2D eigenvalue weighted by Gasteiger charge is -2.24. The number of nitrogens with zero attached hydrogens (tertiary/aromatic N) is 2. The predicted molar refractivity (Wildman–Crippen MR) is 138 cm³/mol. The van der Waals surface area contributed by atoms with E-state index in [9.17, 15) is 9.59 Å². The Morgan fingerprint density at radius 1 is 0.771 bits per heavy atom. The summed E-state index contributed by atoms with van der Waals surface area (Å²) in [5.41, 5.74) is 2.72. The van der Waals surface area contributed by atoms with E-state index in [0.29, 0.717) is 11.1 Å². The minimum Gasteiger partial charge on any atom is -0.497 e. The van der Waals surface area contributed by atoms with Gasteiger partial charge in [-0.3, -0.25) is 9.59 Å². The maximum atomic E-state index is 13.6. The van der Waals surface area contributed by atoms with E-state index >= 15 is 0 Å². The van der Waals surface area contributed by atoms with Crippen LogP contribution in [0.25, 0.3) is 0 Å². The molecule has 0 fully saturated rings. The van der Waals surface area contributed by atoms with Crippen molar-refractivity contribution in [2.75, 3.05) is 13.7 Å². The summed E-state index contributed by atoms with van der Waals surface area (Å²) in [5.74, 6) is -0.198. The SMILES string of the molecule is COc1ccc(C=NN(CC(C(=O)c2ccccc2)c2ccccc2)C(=O)c2ccccc2)cc1. The molecule has 0 heterocycles. The van der Waals surface area contributed by atoms with Crippen LogP contribution in [0.2, 0.25) is 0 Å². The highest BCUT2D eigenvalue weighted by atomic mass is 16.5. The zero-order valence-electron chi connectivity index (χ0n) is 19.5. The first-order valence-corrected chi connectivity index (χ1v) is 11.3. The maximum absolute atomic E-state index is 13.6. The van der Waals surface area contributed by atoms with E-state index in [-0.39, 0.29) is 18.2 Å². The summed E-state index contributed by atoms with van der Waals surface area (Å²) in [6.45, 7) is 0.0954. The first-order chi connectivity index (χ1) is 17.2. The summed E-state index contributed by atoms with van der Waals surface area (Å²) in [4.78, 5) is 27.1. The molecule has 0 aliphatic carbocycles. The molecule has 5 heteroatoms. The summed E-state index contributed by atoms with van der Waals surface area (Å²) >= 11 is 0. The van der Waals surface area contributed by atoms with Gasteiger partial charge in [0.2, 0.25) is 0 Å². The molecule has 0 saturated carbocycles. The summed E-state index contributed by atoms with van der Waals surface area (Å²) in [5, 5.41) is 5.91. The minimum atomic E-state index is -0.584. The van der Waals surface area contributed by atoms with Gasteiger partial charge in [0.1, 0.15) is 5.75 Å². The zero-order chi connectivity index (χ0) is 24.5. The molecule has 1 amide bonds. The smallest absolute Gasteiger partial charge is 0.273 e. The van der Waals surface area contributed by atoms with Crippen LogP contribution < -0.4 is 4.74 Å². The van der Waals surface area contributed by atoms with Crippen molar-refractivity contribution in [3.05, 3.63) is 138 Å². The van der Waals surface area contributed by atoms with Gasteiger partial charge in [0.15, 0.2) is 5.78 Å². The molecule has 35 heavy (non-hydrogen) atoms. The third-order valence-corrected chi connectivity index (χ3v) is 5.65. The number of rotatable bonds is 9. The fraction of sp³-hybridized carbons (Fsp3) is 0.100. The van der Waals surface area contributed by atoms with E-state index < -0.39 is 5.92 Å². The molecule has 4 aromatic rings. The van der Waals surface area contributed by atoms with Crippen molar-refractivity contribution >= 4 is 17.9 Å². The Balaban J connectivity index is 1.70. The number of hydrogen-bond donors (Lipinski definition) is 0. The molecule has 1 unspecified atom stereocenters. The van der Waals surface area contributed by atoms with Gasteiger partial charge in [0, 0.05) is 11.1 Å². The fourth-order valence-electron chi connectivity index (χ4n) is 3.74.